The second kappa shape index (κ2) is 5.94. The Labute approximate surface area is 108 Å². The predicted molar refractivity (Wildman–Crippen MR) is 62.4 cm³/mol. The van der Waals surface area contributed by atoms with E-state index >= 15 is 0 Å². The van der Waals surface area contributed by atoms with Crippen LogP contribution in [-0.2, 0) is 4.84 Å². The molecule has 1 amide bonds. The van der Waals surface area contributed by atoms with Crippen LogP contribution in [0.15, 0.2) is 18.2 Å². The minimum Gasteiger partial charge on any atom is -0.465 e. The van der Waals surface area contributed by atoms with Crippen molar-refractivity contribution in [1.29, 1.82) is 0 Å². The second-order valence-corrected chi connectivity index (χ2v) is 4.32. The van der Waals surface area contributed by atoms with Crippen LogP contribution in [0, 0.1) is 11.6 Å². The smallest absolute Gasteiger partial charge is 0.406 e. The first-order valence-corrected chi connectivity index (χ1v) is 5.90. The maximum absolute atomic E-state index is 13.7. The van der Waals surface area contributed by atoms with Crippen molar-refractivity contribution in [2.24, 2.45) is 0 Å². The molecule has 1 aliphatic heterocycles. The zero-order valence-corrected chi connectivity index (χ0v) is 10.0. The zero-order valence-electron chi connectivity index (χ0n) is 10.0. The minimum absolute atomic E-state index is 0.267. The average Bonchev–Trinajstić information content (AvgIpc) is 2.58. The first kappa shape index (κ1) is 13.7. The average molecular weight is 272 g/mol. The Morgan fingerprint density at radius 2 is 2.21 bits per heavy atom. The molecular formula is C12H14F2N2O3. The number of carbonyl (C=O) groups is 1. The minimum atomic E-state index is -1.19. The molecule has 7 heteroatoms. The SMILES string of the molecule is O=C(O)N[C@H]1CC[C@@H](c2cccc(F)c2F)CNO1. The summed E-state index contributed by atoms with van der Waals surface area (Å²) < 4.78 is 26.8. The Bertz CT molecular complexity index is 470. The van der Waals surface area contributed by atoms with E-state index < -0.39 is 24.0 Å². The fourth-order valence-electron chi connectivity index (χ4n) is 2.10. The molecule has 0 aliphatic carbocycles. The maximum atomic E-state index is 13.7. The number of hydrogen-bond acceptors (Lipinski definition) is 3. The number of hydrogen-bond donors (Lipinski definition) is 3. The molecule has 2 atom stereocenters. The molecule has 19 heavy (non-hydrogen) atoms. The van der Waals surface area contributed by atoms with Crippen LogP contribution >= 0.6 is 0 Å². The van der Waals surface area contributed by atoms with Gasteiger partial charge in [-0.1, -0.05) is 12.1 Å². The molecule has 1 aromatic rings. The Morgan fingerprint density at radius 3 is 2.95 bits per heavy atom. The van der Waals surface area contributed by atoms with Gasteiger partial charge in [0, 0.05) is 12.5 Å². The Hall–Kier alpha value is -1.73. The molecule has 0 saturated carbocycles. The van der Waals surface area contributed by atoms with Gasteiger partial charge in [0.05, 0.1) is 0 Å². The zero-order chi connectivity index (χ0) is 13.8. The largest absolute Gasteiger partial charge is 0.465 e. The van der Waals surface area contributed by atoms with Crippen molar-refractivity contribution in [2.75, 3.05) is 6.54 Å². The van der Waals surface area contributed by atoms with Gasteiger partial charge in [0.1, 0.15) is 0 Å². The molecule has 0 unspecified atom stereocenters. The van der Waals surface area contributed by atoms with E-state index in [1.165, 1.54) is 12.1 Å². The van der Waals surface area contributed by atoms with Gasteiger partial charge >= 0.3 is 6.09 Å². The summed E-state index contributed by atoms with van der Waals surface area (Å²) in [6.07, 6.45) is -1.03. The number of carboxylic acid groups (broad SMARTS) is 1. The van der Waals surface area contributed by atoms with E-state index in [1.807, 2.05) is 0 Å². The molecular weight excluding hydrogens is 258 g/mol. The highest BCUT2D eigenvalue weighted by Crippen LogP contribution is 2.27. The lowest BCUT2D eigenvalue weighted by Gasteiger charge is -2.14. The van der Waals surface area contributed by atoms with Crippen LogP contribution in [0.3, 0.4) is 0 Å². The van der Waals surface area contributed by atoms with Gasteiger partial charge in [0.2, 0.25) is 0 Å². The summed E-state index contributed by atoms with van der Waals surface area (Å²) in [6, 6.07) is 4.04. The molecule has 1 aromatic carbocycles. The van der Waals surface area contributed by atoms with Crippen molar-refractivity contribution in [1.82, 2.24) is 10.8 Å². The number of amides is 1. The topological polar surface area (TPSA) is 70.6 Å². The van der Waals surface area contributed by atoms with Crippen molar-refractivity contribution < 1.29 is 23.5 Å². The summed E-state index contributed by atoms with van der Waals surface area (Å²) in [7, 11) is 0. The van der Waals surface area contributed by atoms with Crippen molar-refractivity contribution in [2.45, 2.75) is 25.0 Å². The quantitative estimate of drug-likeness (QED) is 0.769. The van der Waals surface area contributed by atoms with Crippen LogP contribution in [-0.4, -0.2) is 24.0 Å². The maximum Gasteiger partial charge on any atom is 0.406 e. The van der Waals surface area contributed by atoms with E-state index in [0.29, 0.717) is 12.8 Å². The number of benzene rings is 1. The van der Waals surface area contributed by atoms with E-state index in [-0.39, 0.29) is 18.0 Å². The van der Waals surface area contributed by atoms with Gasteiger partial charge in [-0.25, -0.2) is 13.6 Å². The van der Waals surface area contributed by atoms with Gasteiger partial charge in [0.15, 0.2) is 17.9 Å². The molecule has 0 radical (unpaired) electrons. The van der Waals surface area contributed by atoms with Crippen LogP contribution in [0.5, 0.6) is 0 Å². The Balaban J connectivity index is 2.06. The molecule has 2 rings (SSSR count). The summed E-state index contributed by atoms with van der Waals surface area (Å²) in [4.78, 5) is 15.6. The highest BCUT2D eigenvalue weighted by molar-refractivity contribution is 5.64. The lowest BCUT2D eigenvalue weighted by Crippen LogP contribution is -2.38. The van der Waals surface area contributed by atoms with E-state index in [9.17, 15) is 13.6 Å². The van der Waals surface area contributed by atoms with Crippen LogP contribution in [0.4, 0.5) is 13.6 Å². The lowest BCUT2D eigenvalue weighted by atomic mass is 9.93. The fourth-order valence-corrected chi connectivity index (χ4v) is 2.10. The summed E-state index contributed by atoms with van der Waals surface area (Å²) >= 11 is 0. The third-order valence-electron chi connectivity index (χ3n) is 3.04. The number of halogens is 2. The monoisotopic (exact) mass is 272 g/mol. The summed E-state index contributed by atoms with van der Waals surface area (Å²) in [5.74, 6) is -2.02. The van der Waals surface area contributed by atoms with Crippen molar-refractivity contribution in [3.63, 3.8) is 0 Å². The van der Waals surface area contributed by atoms with Gasteiger partial charge in [-0.05, 0) is 24.5 Å². The Kier molecular flexibility index (Phi) is 4.28. The van der Waals surface area contributed by atoms with Crippen LogP contribution < -0.4 is 10.8 Å². The molecule has 5 nitrogen and oxygen atoms in total. The number of hydroxylamine groups is 1. The first-order valence-electron chi connectivity index (χ1n) is 5.90. The van der Waals surface area contributed by atoms with Gasteiger partial charge in [-0.2, -0.15) is 5.48 Å². The standard InChI is InChI=1S/C12H14F2N2O3/c13-9-3-1-2-8(11(9)14)7-4-5-10(16-12(17)18)19-15-6-7/h1-3,7,10,15-16H,4-6H2,(H,17,18)/t7-,10-/m1/s1. The molecule has 1 fully saturated rings. The molecule has 0 aromatic heterocycles. The molecule has 1 heterocycles. The van der Waals surface area contributed by atoms with Gasteiger partial charge < -0.3 is 5.11 Å². The number of rotatable bonds is 2. The van der Waals surface area contributed by atoms with Crippen LogP contribution in [0.25, 0.3) is 0 Å². The molecule has 3 N–H and O–H groups in total. The number of nitrogens with one attached hydrogen (secondary N) is 2. The van der Waals surface area contributed by atoms with Crippen molar-refractivity contribution >= 4 is 6.09 Å². The lowest BCUT2D eigenvalue weighted by molar-refractivity contribution is -0.0320. The van der Waals surface area contributed by atoms with E-state index in [1.54, 1.807) is 0 Å². The molecule has 1 saturated heterocycles. The predicted octanol–water partition coefficient (Wildman–Crippen LogP) is 1.96. The van der Waals surface area contributed by atoms with Crippen LogP contribution in [0.2, 0.25) is 0 Å². The summed E-state index contributed by atoms with van der Waals surface area (Å²) in [5, 5.41) is 10.8. The first-order chi connectivity index (χ1) is 9.08. The van der Waals surface area contributed by atoms with Gasteiger partial charge in [-0.15, -0.1) is 0 Å². The molecule has 0 bridgehead atoms. The highest BCUT2D eigenvalue weighted by Gasteiger charge is 2.24. The van der Waals surface area contributed by atoms with Crippen molar-refractivity contribution in [3.05, 3.63) is 35.4 Å². The van der Waals surface area contributed by atoms with E-state index in [4.69, 9.17) is 9.94 Å². The van der Waals surface area contributed by atoms with E-state index in [0.717, 1.165) is 6.07 Å². The van der Waals surface area contributed by atoms with Gasteiger partial charge in [0.25, 0.3) is 0 Å². The van der Waals surface area contributed by atoms with Gasteiger partial charge in [-0.3, -0.25) is 10.2 Å². The third kappa shape index (κ3) is 3.39. The summed E-state index contributed by atoms with van der Waals surface area (Å²) in [6.45, 7) is 0.290. The molecule has 104 valence electrons. The van der Waals surface area contributed by atoms with Crippen molar-refractivity contribution in [3.8, 4) is 0 Å². The molecule has 0 spiro atoms. The summed E-state index contributed by atoms with van der Waals surface area (Å²) in [5.41, 5.74) is 2.85. The van der Waals surface area contributed by atoms with E-state index in [2.05, 4.69) is 10.8 Å². The normalized spacial score (nSPS) is 23.7. The third-order valence-corrected chi connectivity index (χ3v) is 3.04. The fraction of sp³-hybridized carbons (Fsp3) is 0.417. The molecule has 1 aliphatic rings. The highest BCUT2D eigenvalue weighted by atomic mass is 19.2. The Morgan fingerprint density at radius 1 is 1.42 bits per heavy atom. The van der Waals surface area contributed by atoms with Crippen LogP contribution in [0.1, 0.15) is 24.3 Å². The second-order valence-electron chi connectivity index (χ2n) is 4.32.